The molecule has 0 aliphatic carbocycles. The van der Waals surface area contributed by atoms with Crippen molar-refractivity contribution >= 4 is 10.4 Å². The van der Waals surface area contributed by atoms with Gasteiger partial charge >= 0.3 is 10.4 Å². The van der Waals surface area contributed by atoms with E-state index in [1.165, 1.54) is 0 Å². The van der Waals surface area contributed by atoms with Gasteiger partial charge in [0.25, 0.3) is 0 Å². The van der Waals surface area contributed by atoms with E-state index >= 15 is 0 Å². The van der Waals surface area contributed by atoms with Crippen molar-refractivity contribution < 1.29 is 22.3 Å². The third kappa shape index (κ3) is 14.6. The van der Waals surface area contributed by atoms with E-state index in [0.717, 1.165) is 7.11 Å². The van der Waals surface area contributed by atoms with Crippen LogP contribution in [0.25, 0.3) is 0 Å². The Bertz CT molecular complexity index is 216. The number of hydrogen-bond acceptors (Lipinski definition) is 5. The molecule has 4 N–H and O–H groups in total. The molecule has 0 aliphatic heterocycles. The molecule has 7 heteroatoms. The monoisotopic (exact) mass is 215 g/mol. The van der Waals surface area contributed by atoms with Crippen LogP contribution in [-0.4, -0.2) is 36.8 Å². The van der Waals surface area contributed by atoms with Gasteiger partial charge in [0.1, 0.15) is 0 Å². The Morgan fingerprint density at radius 1 is 1.46 bits per heavy atom. The van der Waals surface area contributed by atoms with Crippen LogP contribution >= 0.6 is 0 Å². The summed E-state index contributed by atoms with van der Waals surface area (Å²) in [4.78, 5) is 0. The van der Waals surface area contributed by atoms with Gasteiger partial charge in [-0.3, -0.25) is 8.74 Å². The van der Waals surface area contributed by atoms with E-state index in [0.29, 0.717) is 0 Å². The topological polar surface area (TPSA) is 110 Å². The number of rotatable bonds is 2. The standard InChI is InChI=1S/C5H13NO.CH4O4S/c1-4(6)5(2,3)7;1-5-6(2,3)4/h4,7H,6H2,1-3H3;1H3,(H,2,3,4). The Balaban J connectivity index is 0. The first-order chi connectivity index (χ1) is 5.50. The van der Waals surface area contributed by atoms with Gasteiger partial charge < -0.3 is 10.8 Å². The summed E-state index contributed by atoms with van der Waals surface area (Å²) in [6.07, 6.45) is 0. The first-order valence-corrected chi connectivity index (χ1v) is 4.88. The molecule has 0 saturated carbocycles. The Morgan fingerprint density at radius 2 is 1.62 bits per heavy atom. The number of nitrogens with two attached hydrogens (primary N) is 1. The molecule has 0 amide bonds. The molecule has 0 saturated heterocycles. The zero-order valence-electron chi connectivity index (χ0n) is 8.18. The first kappa shape index (κ1) is 15.3. The zero-order chi connectivity index (χ0) is 11.3. The lowest BCUT2D eigenvalue weighted by atomic mass is 10.0. The molecule has 0 radical (unpaired) electrons. The minimum Gasteiger partial charge on any atom is -0.389 e. The van der Waals surface area contributed by atoms with Crippen molar-refractivity contribution in [1.82, 2.24) is 0 Å². The average molecular weight is 215 g/mol. The van der Waals surface area contributed by atoms with E-state index in [2.05, 4.69) is 4.18 Å². The highest BCUT2D eigenvalue weighted by Gasteiger charge is 2.16. The highest BCUT2D eigenvalue weighted by molar-refractivity contribution is 7.80. The van der Waals surface area contributed by atoms with Crippen LogP contribution < -0.4 is 5.73 Å². The summed E-state index contributed by atoms with van der Waals surface area (Å²) >= 11 is 0. The minimum absolute atomic E-state index is 0.146. The second-order valence-corrected chi connectivity index (χ2v) is 4.23. The third-order valence-electron chi connectivity index (χ3n) is 1.32. The lowest BCUT2D eigenvalue weighted by molar-refractivity contribution is 0.0582. The van der Waals surface area contributed by atoms with Gasteiger partial charge in [-0.1, -0.05) is 0 Å². The quantitative estimate of drug-likeness (QED) is 0.538. The van der Waals surface area contributed by atoms with Crippen LogP contribution in [0.4, 0.5) is 0 Å². The summed E-state index contributed by atoms with van der Waals surface area (Å²) in [5.74, 6) is 0. The second kappa shape index (κ2) is 5.51. The third-order valence-corrected chi connectivity index (χ3v) is 1.75. The lowest BCUT2D eigenvalue weighted by Crippen LogP contribution is -2.40. The lowest BCUT2D eigenvalue weighted by Gasteiger charge is -2.20. The molecule has 0 aromatic heterocycles. The van der Waals surface area contributed by atoms with Crippen molar-refractivity contribution in [2.45, 2.75) is 32.4 Å². The summed E-state index contributed by atoms with van der Waals surface area (Å²) in [5.41, 5.74) is 4.60. The SMILES string of the molecule is CC(N)C(C)(C)O.COS(=O)(=O)O. The molecule has 1 atom stereocenters. The van der Waals surface area contributed by atoms with Crippen LogP contribution in [0.3, 0.4) is 0 Å². The van der Waals surface area contributed by atoms with Crippen LogP contribution in [0.15, 0.2) is 0 Å². The fourth-order valence-electron chi connectivity index (χ4n) is 0. The molecular weight excluding hydrogens is 198 g/mol. The molecule has 0 aromatic rings. The van der Waals surface area contributed by atoms with Gasteiger partial charge in [0.2, 0.25) is 0 Å². The predicted molar refractivity (Wildman–Crippen MR) is 48.5 cm³/mol. The van der Waals surface area contributed by atoms with Gasteiger partial charge in [-0.2, -0.15) is 8.42 Å². The van der Waals surface area contributed by atoms with E-state index < -0.39 is 16.0 Å². The normalized spacial score (nSPS) is 14.4. The first-order valence-electron chi connectivity index (χ1n) is 3.51. The maximum absolute atomic E-state index is 9.33. The molecule has 0 aromatic carbocycles. The van der Waals surface area contributed by atoms with Crippen molar-refractivity contribution in [3.8, 4) is 0 Å². The molecule has 13 heavy (non-hydrogen) atoms. The molecule has 1 unspecified atom stereocenters. The van der Waals surface area contributed by atoms with E-state index in [4.69, 9.17) is 15.4 Å². The molecule has 6 nitrogen and oxygen atoms in total. The van der Waals surface area contributed by atoms with E-state index in [-0.39, 0.29) is 6.04 Å². The molecule has 0 heterocycles. The van der Waals surface area contributed by atoms with Crippen LogP contribution in [0.2, 0.25) is 0 Å². The van der Waals surface area contributed by atoms with Crippen molar-refractivity contribution in [2.75, 3.05) is 7.11 Å². The molecule has 0 spiro atoms. The van der Waals surface area contributed by atoms with Crippen molar-refractivity contribution in [1.29, 1.82) is 0 Å². The van der Waals surface area contributed by atoms with Crippen molar-refractivity contribution in [2.24, 2.45) is 5.73 Å². The Labute approximate surface area is 78.7 Å². The van der Waals surface area contributed by atoms with Crippen LogP contribution in [0, 0.1) is 0 Å². The molecule has 0 aliphatic rings. The maximum Gasteiger partial charge on any atom is 0.397 e. The highest BCUT2D eigenvalue weighted by atomic mass is 32.3. The van der Waals surface area contributed by atoms with Crippen molar-refractivity contribution in [3.05, 3.63) is 0 Å². The van der Waals surface area contributed by atoms with E-state index in [9.17, 15) is 8.42 Å². The van der Waals surface area contributed by atoms with Gasteiger partial charge in [0, 0.05) is 6.04 Å². The van der Waals surface area contributed by atoms with Gasteiger partial charge in [0.15, 0.2) is 0 Å². The largest absolute Gasteiger partial charge is 0.397 e. The molecular formula is C6H17NO5S. The summed E-state index contributed by atoms with van der Waals surface area (Å²) in [7, 11) is -3.29. The van der Waals surface area contributed by atoms with Gasteiger partial charge in [0.05, 0.1) is 12.7 Å². The van der Waals surface area contributed by atoms with Crippen LogP contribution in [-0.2, 0) is 14.6 Å². The van der Waals surface area contributed by atoms with Gasteiger partial charge in [-0.05, 0) is 20.8 Å². The fourth-order valence-corrected chi connectivity index (χ4v) is 0. The van der Waals surface area contributed by atoms with Crippen LogP contribution in [0.1, 0.15) is 20.8 Å². The average Bonchev–Trinajstić information content (AvgIpc) is 1.85. The molecule has 0 bridgehead atoms. The summed E-state index contributed by atoms with van der Waals surface area (Å²) in [5, 5.41) is 8.97. The van der Waals surface area contributed by atoms with Crippen LogP contribution in [0.5, 0.6) is 0 Å². The number of hydrogen-bond donors (Lipinski definition) is 3. The summed E-state index contributed by atoms with van der Waals surface area (Å²) in [6, 6.07) is -0.146. The minimum atomic E-state index is -4.16. The fraction of sp³-hybridized carbons (Fsp3) is 1.00. The molecule has 0 fully saturated rings. The summed E-state index contributed by atoms with van der Waals surface area (Å²) in [6.45, 7) is 5.16. The predicted octanol–water partition coefficient (Wildman–Crippen LogP) is -0.460. The number of aliphatic hydroxyl groups is 1. The zero-order valence-corrected chi connectivity index (χ0v) is 9.00. The highest BCUT2D eigenvalue weighted by Crippen LogP contribution is 2.03. The second-order valence-electron chi connectivity index (χ2n) is 3.04. The maximum atomic E-state index is 9.33. The molecule has 0 rings (SSSR count). The van der Waals surface area contributed by atoms with Gasteiger partial charge in [-0.15, -0.1) is 0 Å². The Morgan fingerprint density at radius 3 is 1.62 bits per heavy atom. The van der Waals surface area contributed by atoms with E-state index in [1.54, 1.807) is 20.8 Å². The molecule has 82 valence electrons. The van der Waals surface area contributed by atoms with Crippen molar-refractivity contribution in [3.63, 3.8) is 0 Å². The Hall–Kier alpha value is -0.210. The smallest absolute Gasteiger partial charge is 0.389 e. The summed E-state index contributed by atoms with van der Waals surface area (Å²) < 4.78 is 29.7. The van der Waals surface area contributed by atoms with E-state index in [1.807, 2.05) is 0 Å². The Kier molecular flexibility index (Phi) is 6.47. The van der Waals surface area contributed by atoms with Gasteiger partial charge in [-0.25, -0.2) is 0 Å².